The van der Waals surface area contributed by atoms with E-state index in [1.54, 1.807) is 12.1 Å². The van der Waals surface area contributed by atoms with Crippen LogP contribution in [0.5, 0.6) is 0 Å². The molecule has 1 aromatic carbocycles. The minimum absolute atomic E-state index is 0.248. The van der Waals surface area contributed by atoms with Crippen LogP contribution in [0.2, 0.25) is 0 Å². The van der Waals surface area contributed by atoms with Gasteiger partial charge in [-0.1, -0.05) is 12.1 Å². The zero-order valence-electron chi connectivity index (χ0n) is 11.3. The second-order valence-electron chi connectivity index (χ2n) is 4.78. The van der Waals surface area contributed by atoms with Gasteiger partial charge in [0.05, 0.1) is 30.5 Å². The second kappa shape index (κ2) is 5.24. The third-order valence-corrected chi connectivity index (χ3v) is 3.56. The van der Waals surface area contributed by atoms with Gasteiger partial charge in [-0.3, -0.25) is 0 Å². The molecule has 0 aliphatic carbocycles. The molecule has 5 nitrogen and oxygen atoms in total. The van der Waals surface area contributed by atoms with Gasteiger partial charge in [-0.15, -0.1) is 0 Å². The van der Waals surface area contributed by atoms with Crippen LogP contribution in [0.1, 0.15) is 22.4 Å². The van der Waals surface area contributed by atoms with Crippen molar-refractivity contribution in [3.05, 3.63) is 46.6 Å². The number of hydrogen-bond donors (Lipinski definition) is 1. The highest BCUT2D eigenvalue weighted by Crippen LogP contribution is 2.34. The average Bonchev–Trinajstić information content (AvgIpc) is 2.53. The summed E-state index contributed by atoms with van der Waals surface area (Å²) in [5.41, 5.74) is 10.3. The van der Waals surface area contributed by atoms with Crippen LogP contribution in [0.25, 0.3) is 11.1 Å². The molecular weight excluding hydrogens is 264 g/mol. The molecule has 1 aromatic heterocycles. The van der Waals surface area contributed by atoms with Gasteiger partial charge in [0.1, 0.15) is 17.5 Å². The smallest absolute Gasteiger partial charge is 0.142 e. The van der Waals surface area contributed by atoms with Gasteiger partial charge in [-0.2, -0.15) is 10.5 Å². The summed E-state index contributed by atoms with van der Waals surface area (Å²) in [5.74, 6) is 0.248. The fourth-order valence-electron chi connectivity index (χ4n) is 2.54. The SMILES string of the molecule is N#Cc1ccc(-c2c(C#N)c(N)nc3c2COCC3)cc1. The first kappa shape index (κ1) is 13.1. The number of hydrogen-bond acceptors (Lipinski definition) is 5. The van der Waals surface area contributed by atoms with Crippen LogP contribution in [0.4, 0.5) is 5.82 Å². The zero-order chi connectivity index (χ0) is 14.8. The first-order valence-corrected chi connectivity index (χ1v) is 6.54. The molecular formula is C16H12N4O. The van der Waals surface area contributed by atoms with Gasteiger partial charge < -0.3 is 10.5 Å². The van der Waals surface area contributed by atoms with E-state index >= 15 is 0 Å². The molecule has 2 N–H and O–H groups in total. The quantitative estimate of drug-likeness (QED) is 0.860. The van der Waals surface area contributed by atoms with E-state index in [-0.39, 0.29) is 5.82 Å². The predicted octanol–water partition coefficient (Wildman–Crippen LogP) is 2.15. The van der Waals surface area contributed by atoms with Crippen molar-refractivity contribution < 1.29 is 4.74 Å². The first-order valence-electron chi connectivity index (χ1n) is 6.54. The molecule has 3 rings (SSSR count). The van der Waals surface area contributed by atoms with E-state index in [1.807, 2.05) is 12.1 Å². The summed E-state index contributed by atoms with van der Waals surface area (Å²) in [6, 6.07) is 11.3. The Labute approximate surface area is 122 Å². The first-order chi connectivity index (χ1) is 10.2. The Balaban J connectivity index is 2.26. The maximum atomic E-state index is 9.40. The molecule has 0 radical (unpaired) electrons. The van der Waals surface area contributed by atoms with Gasteiger partial charge >= 0.3 is 0 Å². The Kier molecular flexibility index (Phi) is 3.27. The minimum Gasteiger partial charge on any atom is -0.383 e. The molecule has 2 heterocycles. The lowest BCUT2D eigenvalue weighted by atomic mass is 9.92. The Morgan fingerprint density at radius 3 is 2.57 bits per heavy atom. The van der Waals surface area contributed by atoms with E-state index in [2.05, 4.69) is 17.1 Å². The zero-order valence-corrected chi connectivity index (χ0v) is 11.3. The van der Waals surface area contributed by atoms with Crippen molar-refractivity contribution in [1.82, 2.24) is 4.98 Å². The third kappa shape index (κ3) is 2.20. The number of nitriles is 2. The second-order valence-corrected chi connectivity index (χ2v) is 4.78. The molecule has 0 fully saturated rings. The van der Waals surface area contributed by atoms with Crippen LogP contribution in [-0.4, -0.2) is 11.6 Å². The Bertz CT molecular complexity index is 782. The lowest BCUT2D eigenvalue weighted by Crippen LogP contribution is -2.16. The van der Waals surface area contributed by atoms with Crippen molar-refractivity contribution in [2.45, 2.75) is 13.0 Å². The Morgan fingerprint density at radius 2 is 1.90 bits per heavy atom. The van der Waals surface area contributed by atoms with Crippen LogP contribution in [0, 0.1) is 22.7 Å². The number of pyridine rings is 1. The van der Waals surface area contributed by atoms with Gasteiger partial charge in [0.15, 0.2) is 0 Å². The summed E-state index contributed by atoms with van der Waals surface area (Å²) in [5, 5.41) is 18.3. The molecule has 0 unspecified atom stereocenters. The number of aromatic nitrogens is 1. The number of fused-ring (bicyclic) bond motifs is 1. The molecule has 0 amide bonds. The van der Waals surface area contributed by atoms with Crippen LogP contribution in [0.3, 0.4) is 0 Å². The normalized spacial score (nSPS) is 13.0. The van der Waals surface area contributed by atoms with Crippen molar-refractivity contribution in [2.75, 3.05) is 12.3 Å². The maximum Gasteiger partial charge on any atom is 0.142 e. The summed E-state index contributed by atoms with van der Waals surface area (Å²) < 4.78 is 5.50. The molecule has 21 heavy (non-hydrogen) atoms. The van der Waals surface area contributed by atoms with Gasteiger partial charge in [-0.25, -0.2) is 4.98 Å². The number of rotatable bonds is 1. The van der Waals surface area contributed by atoms with E-state index in [4.69, 9.17) is 15.7 Å². The summed E-state index contributed by atoms with van der Waals surface area (Å²) >= 11 is 0. The average molecular weight is 276 g/mol. The predicted molar refractivity (Wildman–Crippen MR) is 76.9 cm³/mol. The number of anilines is 1. The molecule has 102 valence electrons. The molecule has 2 aromatic rings. The molecule has 0 bridgehead atoms. The Morgan fingerprint density at radius 1 is 1.14 bits per heavy atom. The number of nitrogens with two attached hydrogens (primary N) is 1. The number of benzene rings is 1. The standard InChI is InChI=1S/C16H12N4O/c17-7-10-1-3-11(4-2-10)15-12(8-18)16(19)20-14-5-6-21-9-13(14)15/h1-4H,5-6,9H2,(H2,19,20). The van der Waals surface area contributed by atoms with Gasteiger partial charge in [0, 0.05) is 17.5 Å². The highest BCUT2D eigenvalue weighted by atomic mass is 16.5. The number of nitrogens with zero attached hydrogens (tertiary/aromatic N) is 3. The van der Waals surface area contributed by atoms with Crippen LogP contribution >= 0.6 is 0 Å². The Hall–Kier alpha value is -2.89. The third-order valence-electron chi connectivity index (χ3n) is 3.56. The fourth-order valence-corrected chi connectivity index (χ4v) is 2.54. The van der Waals surface area contributed by atoms with Crippen LogP contribution in [0.15, 0.2) is 24.3 Å². The lowest BCUT2D eigenvalue weighted by Gasteiger charge is -2.21. The minimum atomic E-state index is 0.248. The van der Waals surface area contributed by atoms with Crippen molar-refractivity contribution in [3.8, 4) is 23.3 Å². The highest BCUT2D eigenvalue weighted by Gasteiger charge is 2.22. The van der Waals surface area contributed by atoms with Crippen molar-refractivity contribution >= 4 is 5.82 Å². The monoisotopic (exact) mass is 276 g/mol. The number of nitrogen functional groups attached to an aromatic ring is 1. The lowest BCUT2D eigenvalue weighted by molar-refractivity contribution is 0.109. The van der Waals surface area contributed by atoms with Crippen molar-refractivity contribution in [1.29, 1.82) is 10.5 Å². The summed E-state index contributed by atoms with van der Waals surface area (Å²) in [6.45, 7) is 1.03. The highest BCUT2D eigenvalue weighted by molar-refractivity contribution is 5.79. The van der Waals surface area contributed by atoms with Crippen molar-refractivity contribution in [3.63, 3.8) is 0 Å². The van der Waals surface area contributed by atoms with E-state index in [9.17, 15) is 5.26 Å². The molecule has 0 saturated heterocycles. The van der Waals surface area contributed by atoms with E-state index < -0.39 is 0 Å². The summed E-state index contributed by atoms with van der Waals surface area (Å²) in [4.78, 5) is 4.33. The van der Waals surface area contributed by atoms with Gasteiger partial charge in [0.2, 0.25) is 0 Å². The molecule has 1 aliphatic heterocycles. The summed E-state index contributed by atoms with van der Waals surface area (Å²) in [7, 11) is 0. The van der Waals surface area contributed by atoms with Crippen LogP contribution < -0.4 is 5.73 Å². The maximum absolute atomic E-state index is 9.40. The molecule has 0 saturated carbocycles. The topological polar surface area (TPSA) is 95.7 Å². The number of ether oxygens (including phenoxy) is 1. The molecule has 1 aliphatic rings. The summed E-state index contributed by atoms with van der Waals surface area (Å²) in [6.07, 6.45) is 0.689. The van der Waals surface area contributed by atoms with E-state index in [0.29, 0.717) is 30.8 Å². The largest absolute Gasteiger partial charge is 0.383 e. The van der Waals surface area contributed by atoms with Crippen molar-refractivity contribution in [2.24, 2.45) is 0 Å². The van der Waals surface area contributed by atoms with E-state index in [1.165, 1.54) is 0 Å². The van der Waals surface area contributed by atoms with E-state index in [0.717, 1.165) is 22.4 Å². The van der Waals surface area contributed by atoms with Gasteiger partial charge in [0.25, 0.3) is 0 Å². The molecule has 0 spiro atoms. The fraction of sp³-hybridized carbons (Fsp3) is 0.188. The molecule has 0 atom stereocenters. The van der Waals surface area contributed by atoms with Crippen LogP contribution in [-0.2, 0) is 17.8 Å². The van der Waals surface area contributed by atoms with Gasteiger partial charge in [-0.05, 0) is 17.7 Å². The molecule has 5 heteroatoms.